The highest BCUT2D eigenvalue weighted by Gasteiger charge is 2.14. The molecule has 2 aromatic rings. The first-order valence-electron chi connectivity index (χ1n) is 7.40. The molecule has 0 aliphatic rings. The predicted molar refractivity (Wildman–Crippen MR) is 85.1 cm³/mol. The number of carbonyl (C=O) groups excluding carboxylic acids is 1. The summed E-state index contributed by atoms with van der Waals surface area (Å²) >= 11 is 0. The Labute approximate surface area is 126 Å². The molecule has 0 saturated carbocycles. The van der Waals surface area contributed by atoms with Gasteiger partial charge in [-0.1, -0.05) is 25.5 Å². The Morgan fingerprint density at radius 2 is 1.86 bits per heavy atom. The van der Waals surface area contributed by atoms with Gasteiger partial charge >= 0.3 is 0 Å². The first-order valence-corrected chi connectivity index (χ1v) is 7.40. The number of nitrogens with zero attached hydrogens (tertiary/aromatic N) is 1. The van der Waals surface area contributed by atoms with E-state index in [0.717, 1.165) is 35.5 Å². The molecule has 3 heteroatoms. The molecule has 0 amide bonds. The average molecular weight is 285 g/mol. The van der Waals surface area contributed by atoms with Crippen LogP contribution in [0.3, 0.4) is 0 Å². The lowest BCUT2D eigenvalue weighted by molar-refractivity contribution is 0.0921. The van der Waals surface area contributed by atoms with Gasteiger partial charge in [-0.25, -0.2) is 0 Å². The Morgan fingerprint density at radius 1 is 1.19 bits per heavy atom. The van der Waals surface area contributed by atoms with Crippen molar-refractivity contribution >= 4 is 5.78 Å². The number of Topliss-reactive ketones (excluding diaryl/α,β-unsaturated/α-hetero) is 1. The molecule has 112 valence electrons. The van der Waals surface area contributed by atoms with Crippen LogP contribution in [0.2, 0.25) is 0 Å². The quantitative estimate of drug-likeness (QED) is 0.755. The van der Waals surface area contributed by atoms with Crippen molar-refractivity contribution in [3.8, 4) is 5.75 Å². The molecular formula is C18H23NO2. The van der Waals surface area contributed by atoms with Gasteiger partial charge < -0.3 is 9.30 Å². The molecule has 0 saturated heterocycles. The van der Waals surface area contributed by atoms with Crippen molar-refractivity contribution in [3.05, 3.63) is 52.8 Å². The molecule has 0 radical (unpaired) electrons. The fourth-order valence-corrected chi connectivity index (χ4v) is 2.41. The van der Waals surface area contributed by atoms with Crippen LogP contribution in [0.25, 0.3) is 0 Å². The molecule has 21 heavy (non-hydrogen) atoms. The van der Waals surface area contributed by atoms with Gasteiger partial charge in [0.15, 0.2) is 6.61 Å². The van der Waals surface area contributed by atoms with Crippen LogP contribution in [-0.4, -0.2) is 17.0 Å². The van der Waals surface area contributed by atoms with Gasteiger partial charge in [0.1, 0.15) is 5.75 Å². The Balaban J connectivity index is 1.99. The Hall–Kier alpha value is -2.03. The number of aryl methyl sites for hydroxylation is 2. The normalized spacial score (nSPS) is 10.7. The van der Waals surface area contributed by atoms with Crippen molar-refractivity contribution in [1.29, 1.82) is 0 Å². The molecule has 0 fully saturated rings. The molecule has 1 heterocycles. The Kier molecular flexibility index (Phi) is 4.84. The van der Waals surface area contributed by atoms with E-state index in [4.69, 9.17) is 4.74 Å². The van der Waals surface area contributed by atoms with Crippen LogP contribution in [-0.2, 0) is 13.5 Å². The van der Waals surface area contributed by atoms with Crippen LogP contribution in [0.4, 0.5) is 0 Å². The zero-order valence-corrected chi connectivity index (χ0v) is 13.3. The van der Waals surface area contributed by atoms with Gasteiger partial charge in [0.25, 0.3) is 0 Å². The smallest absolute Gasteiger partial charge is 0.202 e. The third kappa shape index (κ3) is 3.54. The molecule has 1 aromatic heterocycles. The van der Waals surface area contributed by atoms with Crippen LogP contribution in [0.1, 0.15) is 40.7 Å². The lowest BCUT2D eigenvalue weighted by Crippen LogP contribution is -2.12. The molecule has 0 N–H and O–H groups in total. The molecule has 0 unspecified atom stereocenters. The monoisotopic (exact) mass is 285 g/mol. The summed E-state index contributed by atoms with van der Waals surface area (Å²) in [5.41, 5.74) is 4.11. The third-order valence-corrected chi connectivity index (χ3v) is 3.91. The van der Waals surface area contributed by atoms with E-state index in [9.17, 15) is 4.79 Å². The molecule has 2 rings (SSSR count). The molecule has 0 atom stereocenters. The van der Waals surface area contributed by atoms with Crippen LogP contribution in [0.15, 0.2) is 30.3 Å². The van der Waals surface area contributed by atoms with Gasteiger partial charge in [-0.15, -0.1) is 0 Å². The number of carbonyl (C=O) groups is 1. The maximum Gasteiger partial charge on any atom is 0.202 e. The highest BCUT2D eigenvalue weighted by molar-refractivity contribution is 5.98. The van der Waals surface area contributed by atoms with Crippen molar-refractivity contribution < 1.29 is 9.53 Å². The summed E-state index contributed by atoms with van der Waals surface area (Å²) in [6.45, 7) is 6.20. The van der Waals surface area contributed by atoms with Gasteiger partial charge in [0.2, 0.25) is 5.78 Å². The zero-order valence-electron chi connectivity index (χ0n) is 13.3. The standard InChI is InChI=1S/C18H23NO2/c1-5-6-15-7-9-16(10-8-15)21-12-18(20)17-11-13(2)19(4)14(17)3/h7-11H,5-6,12H2,1-4H3. The van der Waals surface area contributed by atoms with Crippen molar-refractivity contribution in [2.24, 2.45) is 7.05 Å². The van der Waals surface area contributed by atoms with E-state index in [-0.39, 0.29) is 12.4 Å². The second kappa shape index (κ2) is 6.61. The summed E-state index contributed by atoms with van der Waals surface area (Å²) in [4.78, 5) is 12.2. The van der Waals surface area contributed by atoms with Crippen LogP contribution in [0, 0.1) is 13.8 Å². The molecule has 0 aliphatic heterocycles. The van der Waals surface area contributed by atoms with Crippen LogP contribution < -0.4 is 4.74 Å². The van der Waals surface area contributed by atoms with Crippen molar-refractivity contribution in [3.63, 3.8) is 0 Å². The van der Waals surface area contributed by atoms with Crippen LogP contribution >= 0.6 is 0 Å². The summed E-state index contributed by atoms with van der Waals surface area (Å²) in [7, 11) is 1.97. The molecule has 0 aliphatic carbocycles. The summed E-state index contributed by atoms with van der Waals surface area (Å²) in [6.07, 6.45) is 2.20. The molecular weight excluding hydrogens is 262 g/mol. The summed E-state index contributed by atoms with van der Waals surface area (Å²) in [5, 5.41) is 0. The number of aromatic nitrogens is 1. The topological polar surface area (TPSA) is 31.2 Å². The van der Waals surface area contributed by atoms with E-state index in [1.807, 2.05) is 43.7 Å². The number of ketones is 1. The molecule has 0 spiro atoms. The maximum atomic E-state index is 12.2. The van der Waals surface area contributed by atoms with Gasteiger partial charge in [-0.2, -0.15) is 0 Å². The number of rotatable bonds is 6. The second-order valence-corrected chi connectivity index (χ2v) is 5.45. The van der Waals surface area contributed by atoms with Gasteiger partial charge in [-0.05, 0) is 44.0 Å². The minimum atomic E-state index is 0.0221. The Bertz CT molecular complexity index is 623. The van der Waals surface area contributed by atoms with Crippen LogP contribution in [0.5, 0.6) is 5.75 Å². The van der Waals surface area contributed by atoms with E-state index in [2.05, 4.69) is 19.1 Å². The fourth-order valence-electron chi connectivity index (χ4n) is 2.41. The summed E-state index contributed by atoms with van der Waals surface area (Å²) < 4.78 is 7.62. The zero-order chi connectivity index (χ0) is 15.4. The van der Waals surface area contributed by atoms with E-state index < -0.39 is 0 Å². The maximum absolute atomic E-state index is 12.2. The minimum Gasteiger partial charge on any atom is -0.485 e. The van der Waals surface area contributed by atoms with E-state index in [0.29, 0.717) is 0 Å². The molecule has 1 aromatic carbocycles. The second-order valence-electron chi connectivity index (χ2n) is 5.45. The predicted octanol–water partition coefficient (Wildman–Crippen LogP) is 3.86. The highest BCUT2D eigenvalue weighted by Crippen LogP contribution is 2.16. The minimum absolute atomic E-state index is 0.0221. The lowest BCUT2D eigenvalue weighted by atomic mass is 10.1. The third-order valence-electron chi connectivity index (χ3n) is 3.91. The SMILES string of the molecule is CCCc1ccc(OCC(=O)c2cc(C)n(C)c2C)cc1. The first kappa shape index (κ1) is 15.4. The van der Waals surface area contributed by atoms with Crippen molar-refractivity contribution in [2.45, 2.75) is 33.6 Å². The fraction of sp³-hybridized carbons (Fsp3) is 0.389. The largest absolute Gasteiger partial charge is 0.485 e. The lowest BCUT2D eigenvalue weighted by Gasteiger charge is -2.07. The van der Waals surface area contributed by atoms with Gasteiger partial charge in [0.05, 0.1) is 0 Å². The average Bonchev–Trinajstić information content (AvgIpc) is 2.74. The molecule has 0 bridgehead atoms. The summed E-state index contributed by atoms with van der Waals surface area (Å²) in [5.74, 6) is 0.766. The van der Waals surface area contributed by atoms with E-state index >= 15 is 0 Å². The first-order chi connectivity index (χ1) is 10.0. The number of hydrogen-bond acceptors (Lipinski definition) is 2. The Morgan fingerprint density at radius 3 is 2.38 bits per heavy atom. The van der Waals surface area contributed by atoms with E-state index in [1.54, 1.807) is 0 Å². The molecule has 3 nitrogen and oxygen atoms in total. The summed E-state index contributed by atoms with van der Waals surface area (Å²) in [6, 6.07) is 9.90. The van der Waals surface area contributed by atoms with Gasteiger partial charge in [0, 0.05) is 24.0 Å². The number of ether oxygens (including phenoxy) is 1. The number of hydrogen-bond donors (Lipinski definition) is 0. The highest BCUT2D eigenvalue weighted by atomic mass is 16.5. The van der Waals surface area contributed by atoms with E-state index in [1.165, 1.54) is 5.56 Å². The van der Waals surface area contributed by atoms with Crippen molar-refractivity contribution in [2.75, 3.05) is 6.61 Å². The number of benzene rings is 1. The van der Waals surface area contributed by atoms with Gasteiger partial charge in [-0.3, -0.25) is 4.79 Å². The van der Waals surface area contributed by atoms with Crippen molar-refractivity contribution in [1.82, 2.24) is 4.57 Å².